The number of urea groups is 1. The van der Waals surface area contributed by atoms with Crippen LogP contribution in [0, 0.1) is 6.92 Å². The van der Waals surface area contributed by atoms with Crippen molar-refractivity contribution < 1.29 is 4.79 Å². The van der Waals surface area contributed by atoms with Crippen molar-refractivity contribution in [1.82, 2.24) is 14.8 Å². The first-order valence-corrected chi connectivity index (χ1v) is 8.43. The highest BCUT2D eigenvalue weighted by Gasteiger charge is 2.21. The maximum atomic E-state index is 12.4. The minimum Gasteiger partial charge on any atom is -0.322 e. The molecule has 0 atom stereocenters. The smallest absolute Gasteiger partial charge is 0.321 e. The normalized spacial score (nSPS) is 15.3. The lowest BCUT2D eigenvalue weighted by atomic mass is 10.2. The average molecular weight is 345 g/mol. The molecule has 5 nitrogen and oxygen atoms in total. The Kier molecular flexibility index (Phi) is 5.33. The van der Waals surface area contributed by atoms with Crippen LogP contribution in [0.4, 0.5) is 10.5 Å². The van der Waals surface area contributed by atoms with E-state index in [0.717, 1.165) is 44.0 Å². The Bertz CT molecular complexity index is 699. The summed E-state index contributed by atoms with van der Waals surface area (Å²) in [6.07, 6.45) is 3.62. The summed E-state index contributed by atoms with van der Waals surface area (Å²) in [4.78, 5) is 20.7. The van der Waals surface area contributed by atoms with Crippen LogP contribution in [0.25, 0.3) is 0 Å². The molecule has 0 aliphatic carbocycles. The molecular formula is C18H21ClN4O. The molecule has 1 aromatic heterocycles. The van der Waals surface area contributed by atoms with Crippen molar-refractivity contribution in [2.45, 2.75) is 13.5 Å². The molecule has 1 aromatic carbocycles. The molecule has 1 fully saturated rings. The Hall–Kier alpha value is -2.11. The van der Waals surface area contributed by atoms with E-state index in [-0.39, 0.29) is 6.03 Å². The van der Waals surface area contributed by atoms with E-state index in [2.05, 4.69) is 15.2 Å². The zero-order valence-corrected chi connectivity index (χ0v) is 14.5. The molecule has 126 valence electrons. The molecule has 2 aromatic rings. The first kappa shape index (κ1) is 16.7. The number of amides is 2. The molecule has 0 unspecified atom stereocenters. The van der Waals surface area contributed by atoms with Gasteiger partial charge in [0.1, 0.15) is 0 Å². The highest BCUT2D eigenvalue weighted by molar-refractivity contribution is 6.31. The van der Waals surface area contributed by atoms with Gasteiger partial charge in [-0.3, -0.25) is 9.88 Å². The van der Waals surface area contributed by atoms with Crippen molar-refractivity contribution in [3.05, 3.63) is 58.9 Å². The zero-order valence-electron chi connectivity index (χ0n) is 13.7. The molecule has 3 rings (SSSR count). The van der Waals surface area contributed by atoms with E-state index >= 15 is 0 Å². The van der Waals surface area contributed by atoms with E-state index in [9.17, 15) is 4.79 Å². The van der Waals surface area contributed by atoms with Crippen LogP contribution in [-0.2, 0) is 6.54 Å². The molecule has 0 radical (unpaired) electrons. The summed E-state index contributed by atoms with van der Waals surface area (Å²) in [6, 6.07) is 9.53. The van der Waals surface area contributed by atoms with Crippen molar-refractivity contribution in [3.63, 3.8) is 0 Å². The molecule has 1 aliphatic heterocycles. The highest BCUT2D eigenvalue weighted by Crippen LogP contribution is 2.23. The lowest BCUT2D eigenvalue weighted by Gasteiger charge is -2.34. The van der Waals surface area contributed by atoms with Crippen molar-refractivity contribution in [1.29, 1.82) is 0 Å². The fraction of sp³-hybridized carbons (Fsp3) is 0.333. The minimum atomic E-state index is -0.0658. The number of pyridine rings is 1. The van der Waals surface area contributed by atoms with Crippen molar-refractivity contribution in [2.75, 3.05) is 31.5 Å². The zero-order chi connectivity index (χ0) is 16.9. The summed E-state index contributed by atoms with van der Waals surface area (Å²) in [7, 11) is 0. The standard InChI is InChI=1S/C18H21ClN4O/c1-14-16(19)3-2-4-17(14)21-18(24)23-11-9-22(10-12-23)13-15-5-7-20-8-6-15/h2-8H,9-13H2,1H3,(H,21,24). The predicted octanol–water partition coefficient (Wildman–Crippen LogP) is 3.39. The van der Waals surface area contributed by atoms with Crippen LogP contribution < -0.4 is 5.32 Å². The lowest BCUT2D eigenvalue weighted by Crippen LogP contribution is -2.49. The van der Waals surface area contributed by atoms with Gasteiger partial charge in [0, 0.05) is 55.8 Å². The van der Waals surface area contributed by atoms with Gasteiger partial charge < -0.3 is 10.2 Å². The number of hydrogen-bond donors (Lipinski definition) is 1. The van der Waals surface area contributed by atoms with Gasteiger partial charge in [-0.05, 0) is 42.3 Å². The third-order valence-corrected chi connectivity index (χ3v) is 4.73. The van der Waals surface area contributed by atoms with Gasteiger partial charge in [-0.15, -0.1) is 0 Å². The molecular weight excluding hydrogens is 324 g/mol. The summed E-state index contributed by atoms with van der Waals surface area (Å²) in [5, 5.41) is 3.62. The predicted molar refractivity (Wildman–Crippen MR) is 96.3 cm³/mol. The lowest BCUT2D eigenvalue weighted by molar-refractivity contribution is 0.143. The molecule has 0 bridgehead atoms. The number of aromatic nitrogens is 1. The van der Waals surface area contributed by atoms with Gasteiger partial charge in [0.25, 0.3) is 0 Å². The Labute approximate surface area is 147 Å². The van der Waals surface area contributed by atoms with Gasteiger partial charge in [-0.25, -0.2) is 4.79 Å². The van der Waals surface area contributed by atoms with E-state index in [1.165, 1.54) is 5.56 Å². The summed E-state index contributed by atoms with van der Waals surface area (Å²) in [5.74, 6) is 0. The Morgan fingerprint density at radius 2 is 1.88 bits per heavy atom. The van der Waals surface area contributed by atoms with Crippen molar-refractivity contribution in [3.8, 4) is 0 Å². The van der Waals surface area contributed by atoms with Crippen LogP contribution in [0.1, 0.15) is 11.1 Å². The van der Waals surface area contributed by atoms with Gasteiger partial charge >= 0.3 is 6.03 Å². The number of halogens is 1. The van der Waals surface area contributed by atoms with Crippen LogP contribution in [0.5, 0.6) is 0 Å². The number of nitrogens with zero attached hydrogens (tertiary/aromatic N) is 3. The fourth-order valence-corrected chi connectivity index (χ4v) is 2.97. The topological polar surface area (TPSA) is 48.5 Å². The molecule has 1 N–H and O–H groups in total. The second-order valence-electron chi connectivity index (χ2n) is 5.96. The summed E-state index contributed by atoms with van der Waals surface area (Å²) < 4.78 is 0. The van der Waals surface area contributed by atoms with E-state index in [4.69, 9.17) is 11.6 Å². The Morgan fingerprint density at radius 1 is 1.17 bits per heavy atom. The molecule has 24 heavy (non-hydrogen) atoms. The number of nitrogens with one attached hydrogen (secondary N) is 1. The third-order valence-electron chi connectivity index (χ3n) is 4.32. The van der Waals surface area contributed by atoms with Crippen molar-refractivity contribution in [2.24, 2.45) is 0 Å². The van der Waals surface area contributed by atoms with Gasteiger partial charge in [0.2, 0.25) is 0 Å². The number of rotatable bonds is 3. The minimum absolute atomic E-state index is 0.0658. The van der Waals surface area contributed by atoms with Crippen LogP contribution in [-0.4, -0.2) is 47.0 Å². The van der Waals surface area contributed by atoms with Gasteiger partial charge in [-0.2, -0.15) is 0 Å². The SMILES string of the molecule is Cc1c(Cl)cccc1NC(=O)N1CCN(Cc2ccncc2)CC1. The summed E-state index contributed by atoms with van der Waals surface area (Å²) in [6.45, 7) is 5.97. The second-order valence-corrected chi connectivity index (χ2v) is 6.37. The Morgan fingerprint density at radius 3 is 2.58 bits per heavy atom. The number of anilines is 1. The highest BCUT2D eigenvalue weighted by atomic mass is 35.5. The van der Waals surface area contributed by atoms with Gasteiger partial charge in [0.05, 0.1) is 0 Å². The van der Waals surface area contributed by atoms with E-state index in [1.807, 2.05) is 54.5 Å². The number of hydrogen-bond acceptors (Lipinski definition) is 3. The first-order valence-electron chi connectivity index (χ1n) is 8.06. The van der Waals surface area contributed by atoms with Gasteiger partial charge in [-0.1, -0.05) is 17.7 Å². The molecule has 1 saturated heterocycles. The van der Waals surface area contributed by atoms with Crippen LogP contribution in [0.15, 0.2) is 42.7 Å². The Balaban J connectivity index is 1.52. The maximum absolute atomic E-state index is 12.4. The second kappa shape index (κ2) is 7.64. The molecule has 0 spiro atoms. The van der Waals surface area contributed by atoms with E-state index < -0.39 is 0 Å². The summed E-state index contributed by atoms with van der Waals surface area (Å²) in [5.41, 5.74) is 2.91. The quantitative estimate of drug-likeness (QED) is 0.928. The van der Waals surface area contributed by atoms with Crippen molar-refractivity contribution >= 4 is 23.3 Å². The number of carbonyl (C=O) groups excluding carboxylic acids is 1. The van der Waals surface area contributed by atoms with E-state index in [1.54, 1.807) is 0 Å². The van der Waals surface area contributed by atoms with Crippen LogP contribution >= 0.6 is 11.6 Å². The van der Waals surface area contributed by atoms with E-state index in [0.29, 0.717) is 5.02 Å². The van der Waals surface area contributed by atoms with Crippen LogP contribution in [0.2, 0.25) is 5.02 Å². The first-order chi connectivity index (χ1) is 11.6. The molecule has 2 amide bonds. The third kappa shape index (κ3) is 4.04. The summed E-state index contributed by atoms with van der Waals surface area (Å²) >= 11 is 6.10. The largest absolute Gasteiger partial charge is 0.322 e. The fourth-order valence-electron chi connectivity index (χ4n) is 2.79. The number of piperazine rings is 1. The molecule has 2 heterocycles. The number of benzene rings is 1. The molecule has 6 heteroatoms. The van der Waals surface area contributed by atoms with Crippen LogP contribution in [0.3, 0.4) is 0 Å². The average Bonchev–Trinajstić information content (AvgIpc) is 2.60. The number of carbonyl (C=O) groups is 1. The van der Waals surface area contributed by atoms with Gasteiger partial charge in [0.15, 0.2) is 0 Å². The monoisotopic (exact) mass is 344 g/mol. The molecule has 1 aliphatic rings. The maximum Gasteiger partial charge on any atom is 0.321 e. The molecule has 0 saturated carbocycles.